The number of amides is 1. The number of anilines is 1. The molecule has 2 aromatic rings. The lowest BCUT2D eigenvalue weighted by Gasteiger charge is -2.19. The minimum atomic E-state index is -0.866. The standard InChI is InChI=1S/C19H20FN5O2/c20-16-9-23-19(24-18(16)27)25-10-14-13(15(14)11-25)5-7-22-17(26)4-3-12-2-1-6-21-8-12/h1-4,6,8-9,13-15H,5,7,10-11H2,(H,22,26)(H,23,24,27)/b4-3+/t13?,14-,15+. The number of H-pyrrole nitrogens is 1. The van der Waals surface area contributed by atoms with E-state index in [4.69, 9.17) is 0 Å². The smallest absolute Gasteiger partial charge is 0.288 e. The number of fused-ring (bicyclic) bond motifs is 1. The van der Waals surface area contributed by atoms with Crippen molar-refractivity contribution in [1.29, 1.82) is 0 Å². The highest BCUT2D eigenvalue weighted by Gasteiger charge is 2.55. The van der Waals surface area contributed by atoms with Crippen LogP contribution in [0, 0.1) is 23.6 Å². The van der Waals surface area contributed by atoms with E-state index in [1.165, 1.54) is 6.08 Å². The van der Waals surface area contributed by atoms with Crippen LogP contribution in [-0.4, -0.2) is 40.5 Å². The first kappa shape index (κ1) is 17.4. The average Bonchev–Trinajstić information content (AvgIpc) is 3.12. The summed E-state index contributed by atoms with van der Waals surface area (Å²) >= 11 is 0. The summed E-state index contributed by atoms with van der Waals surface area (Å²) < 4.78 is 13.0. The second kappa shape index (κ2) is 7.30. The Bertz CT molecular complexity index is 902. The molecule has 8 heteroatoms. The topological polar surface area (TPSA) is 91.0 Å². The van der Waals surface area contributed by atoms with Gasteiger partial charge in [-0.1, -0.05) is 6.07 Å². The molecule has 7 nitrogen and oxygen atoms in total. The fraction of sp³-hybridized carbons (Fsp3) is 0.368. The van der Waals surface area contributed by atoms with Crippen molar-refractivity contribution in [2.45, 2.75) is 6.42 Å². The Morgan fingerprint density at radius 2 is 2.19 bits per heavy atom. The minimum Gasteiger partial charge on any atom is -0.353 e. The summed E-state index contributed by atoms with van der Waals surface area (Å²) in [6.07, 6.45) is 8.54. The van der Waals surface area contributed by atoms with Gasteiger partial charge in [0.05, 0.1) is 6.20 Å². The highest BCUT2D eigenvalue weighted by molar-refractivity contribution is 5.91. The number of hydrogen-bond donors (Lipinski definition) is 2. The number of carbonyl (C=O) groups excluding carboxylic acids is 1. The van der Waals surface area contributed by atoms with E-state index in [0.29, 0.717) is 30.2 Å². The molecule has 2 N–H and O–H groups in total. The molecule has 27 heavy (non-hydrogen) atoms. The third-order valence-corrected chi connectivity index (χ3v) is 5.30. The van der Waals surface area contributed by atoms with Gasteiger partial charge in [-0.15, -0.1) is 0 Å². The summed E-state index contributed by atoms with van der Waals surface area (Å²) in [5.74, 6) is 1.12. The molecule has 0 bridgehead atoms. The van der Waals surface area contributed by atoms with E-state index in [9.17, 15) is 14.0 Å². The first-order valence-electron chi connectivity index (χ1n) is 8.97. The molecule has 0 spiro atoms. The molecule has 1 saturated heterocycles. The molecule has 1 saturated carbocycles. The monoisotopic (exact) mass is 369 g/mol. The van der Waals surface area contributed by atoms with E-state index in [1.807, 2.05) is 17.0 Å². The van der Waals surface area contributed by atoms with Crippen LogP contribution in [0.15, 0.2) is 41.6 Å². The molecule has 3 heterocycles. The molecule has 2 aliphatic rings. The van der Waals surface area contributed by atoms with Gasteiger partial charge >= 0.3 is 0 Å². The number of carbonyl (C=O) groups is 1. The van der Waals surface area contributed by atoms with Gasteiger partial charge < -0.3 is 10.2 Å². The zero-order valence-corrected chi connectivity index (χ0v) is 14.6. The largest absolute Gasteiger partial charge is 0.353 e. The van der Waals surface area contributed by atoms with Crippen LogP contribution in [0.4, 0.5) is 10.3 Å². The number of aromatic nitrogens is 3. The predicted molar refractivity (Wildman–Crippen MR) is 98.4 cm³/mol. The zero-order chi connectivity index (χ0) is 18.8. The SMILES string of the molecule is O=C(/C=C/c1cccnc1)NCCC1[C@H]2CN(c3ncc(F)c(=O)[nH]3)C[C@@H]12. The summed E-state index contributed by atoms with van der Waals surface area (Å²) in [5, 5.41) is 2.91. The van der Waals surface area contributed by atoms with Gasteiger partial charge in [-0.3, -0.25) is 19.6 Å². The van der Waals surface area contributed by atoms with Gasteiger partial charge in [-0.2, -0.15) is 4.39 Å². The molecule has 1 unspecified atom stereocenters. The number of rotatable bonds is 6. The van der Waals surface area contributed by atoms with Crippen molar-refractivity contribution in [2.24, 2.45) is 17.8 Å². The normalized spacial score (nSPS) is 23.4. The van der Waals surface area contributed by atoms with E-state index in [1.54, 1.807) is 18.5 Å². The van der Waals surface area contributed by atoms with Crippen molar-refractivity contribution in [3.05, 3.63) is 58.5 Å². The number of piperidine rings is 1. The van der Waals surface area contributed by atoms with Crippen LogP contribution >= 0.6 is 0 Å². The third kappa shape index (κ3) is 3.89. The molecular formula is C19H20FN5O2. The number of pyridine rings is 1. The van der Waals surface area contributed by atoms with Crippen molar-refractivity contribution < 1.29 is 9.18 Å². The number of halogens is 1. The van der Waals surface area contributed by atoms with Gasteiger partial charge in [0.25, 0.3) is 5.56 Å². The Hall–Kier alpha value is -3.03. The molecule has 4 rings (SSSR count). The van der Waals surface area contributed by atoms with Crippen LogP contribution in [-0.2, 0) is 4.79 Å². The van der Waals surface area contributed by atoms with E-state index in [-0.39, 0.29) is 5.91 Å². The van der Waals surface area contributed by atoms with E-state index >= 15 is 0 Å². The van der Waals surface area contributed by atoms with Crippen LogP contribution < -0.4 is 15.8 Å². The Morgan fingerprint density at radius 3 is 2.89 bits per heavy atom. The van der Waals surface area contributed by atoms with Crippen LogP contribution in [0.5, 0.6) is 0 Å². The van der Waals surface area contributed by atoms with Crippen LogP contribution in [0.3, 0.4) is 0 Å². The van der Waals surface area contributed by atoms with E-state index < -0.39 is 11.4 Å². The fourth-order valence-corrected chi connectivity index (χ4v) is 3.85. The molecule has 1 aliphatic carbocycles. The molecule has 2 fully saturated rings. The van der Waals surface area contributed by atoms with Crippen molar-refractivity contribution in [3.63, 3.8) is 0 Å². The molecule has 140 valence electrons. The molecule has 0 aromatic carbocycles. The number of nitrogens with zero attached hydrogens (tertiary/aromatic N) is 3. The Kier molecular flexibility index (Phi) is 4.70. The predicted octanol–water partition coefficient (Wildman–Crippen LogP) is 1.21. The van der Waals surface area contributed by atoms with Crippen molar-refractivity contribution in [1.82, 2.24) is 20.3 Å². The minimum absolute atomic E-state index is 0.112. The fourth-order valence-electron chi connectivity index (χ4n) is 3.85. The molecule has 0 radical (unpaired) electrons. The Morgan fingerprint density at radius 1 is 1.37 bits per heavy atom. The van der Waals surface area contributed by atoms with Crippen molar-refractivity contribution in [3.8, 4) is 0 Å². The zero-order valence-electron chi connectivity index (χ0n) is 14.6. The lowest BCUT2D eigenvalue weighted by molar-refractivity contribution is -0.116. The summed E-state index contributed by atoms with van der Waals surface area (Å²) in [4.78, 5) is 35.6. The molecule has 2 aromatic heterocycles. The van der Waals surface area contributed by atoms with Crippen molar-refractivity contribution in [2.75, 3.05) is 24.5 Å². The van der Waals surface area contributed by atoms with Crippen LogP contribution in [0.2, 0.25) is 0 Å². The third-order valence-electron chi connectivity index (χ3n) is 5.30. The second-order valence-corrected chi connectivity index (χ2v) is 6.98. The number of aromatic amines is 1. The molecule has 1 aliphatic heterocycles. The maximum atomic E-state index is 13.0. The summed E-state index contributed by atoms with van der Waals surface area (Å²) in [6, 6.07) is 3.71. The van der Waals surface area contributed by atoms with Crippen LogP contribution in [0.1, 0.15) is 12.0 Å². The average molecular weight is 369 g/mol. The maximum absolute atomic E-state index is 13.0. The van der Waals surface area contributed by atoms with Gasteiger partial charge in [-0.25, -0.2) is 4.98 Å². The van der Waals surface area contributed by atoms with Gasteiger partial charge in [-0.05, 0) is 41.9 Å². The first-order valence-corrected chi connectivity index (χ1v) is 8.97. The number of hydrogen-bond acceptors (Lipinski definition) is 5. The Labute approximate surface area is 155 Å². The summed E-state index contributed by atoms with van der Waals surface area (Å²) in [5.41, 5.74) is 0.149. The maximum Gasteiger partial charge on any atom is 0.288 e. The first-order chi connectivity index (χ1) is 13.1. The van der Waals surface area contributed by atoms with Gasteiger partial charge in [0, 0.05) is 38.1 Å². The highest BCUT2D eigenvalue weighted by Crippen LogP contribution is 2.53. The molecule has 3 atom stereocenters. The molecule has 1 amide bonds. The molecular weight excluding hydrogens is 349 g/mol. The van der Waals surface area contributed by atoms with Crippen molar-refractivity contribution >= 4 is 17.9 Å². The second-order valence-electron chi connectivity index (χ2n) is 6.98. The van der Waals surface area contributed by atoms with Crippen LogP contribution in [0.25, 0.3) is 6.08 Å². The summed E-state index contributed by atoms with van der Waals surface area (Å²) in [7, 11) is 0. The highest BCUT2D eigenvalue weighted by atomic mass is 19.1. The summed E-state index contributed by atoms with van der Waals surface area (Å²) in [6.45, 7) is 2.25. The van der Waals surface area contributed by atoms with Gasteiger partial charge in [0.15, 0.2) is 0 Å². The quantitative estimate of drug-likeness (QED) is 0.747. The Balaban J connectivity index is 1.19. The van der Waals surface area contributed by atoms with E-state index in [0.717, 1.165) is 31.3 Å². The van der Waals surface area contributed by atoms with Gasteiger partial charge in [0.1, 0.15) is 0 Å². The van der Waals surface area contributed by atoms with Gasteiger partial charge in [0.2, 0.25) is 17.7 Å². The van der Waals surface area contributed by atoms with E-state index in [2.05, 4.69) is 20.3 Å². The lowest BCUT2D eigenvalue weighted by Crippen LogP contribution is -2.29. The lowest BCUT2D eigenvalue weighted by atomic mass is 10.2. The number of nitrogens with one attached hydrogen (secondary N) is 2.